The molecule has 0 radical (unpaired) electrons. The van der Waals surface area contributed by atoms with Crippen LogP contribution in [-0.2, 0) is 0 Å². The number of amides is 1. The van der Waals surface area contributed by atoms with Crippen molar-refractivity contribution in [3.8, 4) is 0 Å². The van der Waals surface area contributed by atoms with Crippen LogP contribution in [0.1, 0.15) is 30.1 Å². The second kappa shape index (κ2) is 4.88. The van der Waals surface area contributed by atoms with Gasteiger partial charge in [0, 0.05) is 22.2 Å². The number of hydrogen-bond acceptors (Lipinski definition) is 1. The molecule has 17 heavy (non-hydrogen) atoms. The zero-order chi connectivity index (χ0) is 12.6. The molecule has 1 aromatic carbocycles. The van der Waals surface area contributed by atoms with Gasteiger partial charge in [-0.1, -0.05) is 0 Å². The number of carbonyl (C=O) groups is 1. The molecule has 0 saturated carbocycles. The maximum atomic E-state index is 13.6. The second-order valence-electron chi connectivity index (χ2n) is 4.24. The Morgan fingerprint density at radius 3 is 2.71 bits per heavy atom. The average Bonchev–Trinajstić information content (AvgIpc) is 2.69. The molecule has 1 heterocycles. The topological polar surface area (TPSA) is 20.3 Å². The second-order valence-corrected chi connectivity index (χ2v) is 5.40. The fourth-order valence-corrected chi connectivity index (χ4v) is 2.54. The minimum Gasteiger partial charge on any atom is -0.336 e. The molecule has 0 spiro atoms. The van der Waals surface area contributed by atoms with Gasteiger partial charge in [0.2, 0.25) is 0 Å². The first-order valence-electron chi connectivity index (χ1n) is 5.46. The van der Waals surface area contributed by atoms with E-state index >= 15 is 0 Å². The fourth-order valence-electron chi connectivity index (χ4n) is 2.08. The van der Waals surface area contributed by atoms with E-state index in [0.29, 0.717) is 6.54 Å². The molecule has 0 N–H and O–H groups in total. The van der Waals surface area contributed by atoms with E-state index in [4.69, 9.17) is 0 Å². The van der Waals surface area contributed by atoms with Gasteiger partial charge in [0.05, 0.1) is 5.56 Å². The molecular weight excluding hydrogens is 339 g/mol. The summed E-state index contributed by atoms with van der Waals surface area (Å²) in [5, 5.41) is 0. The summed E-state index contributed by atoms with van der Waals surface area (Å²) in [6.45, 7) is 2.59. The Balaban J connectivity index is 2.34. The smallest absolute Gasteiger partial charge is 0.257 e. The Hall–Kier alpha value is -0.720. The summed E-state index contributed by atoms with van der Waals surface area (Å²) >= 11 is 1.76. The van der Waals surface area contributed by atoms with Crippen molar-refractivity contribution in [1.29, 1.82) is 0 Å². The third-order valence-electron chi connectivity index (χ3n) is 3.05. The van der Waals surface area contributed by atoms with Gasteiger partial charge in [0.1, 0.15) is 11.6 Å². The van der Waals surface area contributed by atoms with Gasteiger partial charge in [-0.3, -0.25) is 4.79 Å². The first-order valence-corrected chi connectivity index (χ1v) is 6.54. The van der Waals surface area contributed by atoms with Gasteiger partial charge in [0.15, 0.2) is 0 Å². The van der Waals surface area contributed by atoms with Gasteiger partial charge < -0.3 is 4.90 Å². The summed E-state index contributed by atoms with van der Waals surface area (Å²) in [4.78, 5) is 13.7. The number of hydrogen-bond donors (Lipinski definition) is 0. The van der Waals surface area contributed by atoms with Crippen LogP contribution in [0.25, 0.3) is 0 Å². The maximum Gasteiger partial charge on any atom is 0.257 e. The lowest BCUT2D eigenvalue weighted by molar-refractivity contribution is 0.0742. The van der Waals surface area contributed by atoms with Crippen LogP contribution in [0.5, 0.6) is 0 Å². The lowest BCUT2D eigenvalue weighted by atomic mass is 10.1. The minimum absolute atomic E-state index is 0.0375. The van der Waals surface area contributed by atoms with Crippen LogP contribution in [0.4, 0.5) is 8.78 Å². The number of halogens is 3. The van der Waals surface area contributed by atoms with E-state index in [1.807, 2.05) is 6.92 Å². The van der Waals surface area contributed by atoms with Crippen LogP contribution in [0.15, 0.2) is 12.1 Å². The minimum atomic E-state index is -0.785. The van der Waals surface area contributed by atoms with E-state index in [-0.39, 0.29) is 21.1 Å². The SMILES string of the molecule is C[C@H]1CCCN1C(=O)c1cc(I)c(F)cc1F. The van der Waals surface area contributed by atoms with E-state index in [1.54, 1.807) is 27.5 Å². The van der Waals surface area contributed by atoms with Crippen molar-refractivity contribution in [2.45, 2.75) is 25.8 Å². The van der Waals surface area contributed by atoms with Crippen LogP contribution in [0.3, 0.4) is 0 Å². The van der Waals surface area contributed by atoms with Gasteiger partial charge in [-0.05, 0) is 48.4 Å². The van der Waals surface area contributed by atoms with Gasteiger partial charge in [-0.15, -0.1) is 0 Å². The number of benzene rings is 1. The molecule has 1 aliphatic heterocycles. The van der Waals surface area contributed by atoms with Crippen LogP contribution in [0.2, 0.25) is 0 Å². The lowest BCUT2D eigenvalue weighted by Gasteiger charge is -2.21. The van der Waals surface area contributed by atoms with Gasteiger partial charge in [-0.25, -0.2) is 8.78 Å². The monoisotopic (exact) mass is 351 g/mol. The van der Waals surface area contributed by atoms with E-state index in [9.17, 15) is 13.6 Å². The number of likely N-dealkylation sites (tertiary alicyclic amines) is 1. The average molecular weight is 351 g/mol. The molecule has 1 amide bonds. The molecule has 1 saturated heterocycles. The van der Waals surface area contributed by atoms with Crippen molar-refractivity contribution in [3.63, 3.8) is 0 Å². The van der Waals surface area contributed by atoms with Crippen LogP contribution in [-0.4, -0.2) is 23.4 Å². The highest BCUT2D eigenvalue weighted by Crippen LogP contribution is 2.23. The Bertz CT molecular complexity index is 464. The standard InChI is InChI=1S/C12H12F2INO/c1-7-3-2-4-16(7)12(17)8-5-11(15)10(14)6-9(8)13/h5-7H,2-4H2,1H3/t7-/m0/s1. The molecule has 1 atom stereocenters. The number of carbonyl (C=O) groups excluding carboxylic acids is 1. The van der Waals surface area contributed by atoms with Gasteiger partial charge in [-0.2, -0.15) is 0 Å². The van der Waals surface area contributed by atoms with Crippen LogP contribution >= 0.6 is 22.6 Å². The zero-order valence-electron chi connectivity index (χ0n) is 9.34. The first-order chi connectivity index (χ1) is 8.00. The summed E-state index contributed by atoms with van der Waals surface area (Å²) < 4.78 is 26.9. The Kier molecular flexibility index (Phi) is 3.65. The van der Waals surface area contributed by atoms with E-state index in [0.717, 1.165) is 18.9 Å². The normalized spacial score (nSPS) is 19.8. The summed E-state index contributed by atoms with van der Waals surface area (Å²) in [7, 11) is 0. The molecule has 0 aliphatic carbocycles. The van der Waals surface area contributed by atoms with Gasteiger partial charge >= 0.3 is 0 Å². The van der Waals surface area contributed by atoms with Crippen molar-refractivity contribution in [2.75, 3.05) is 6.54 Å². The van der Waals surface area contributed by atoms with Crippen molar-refractivity contribution >= 4 is 28.5 Å². The lowest BCUT2D eigenvalue weighted by Crippen LogP contribution is -2.34. The maximum absolute atomic E-state index is 13.6. The Morgan fingerprint density at radius 2 is 2.12 bits per heavy atom. The Morgan fingerprint density at radius 1 is 1.41 bits per heavy atom. The third kappa shape index (κ3) is 2.43. The quantitative estimate of drug-likeness (QED) is 0.562. The highest BCUT2D eigenvalue weighted by Gasteiger charge is 2.28. The summed E-state index contributed by atoms with van der Waals surface area (Å²) in [6.07, 6.45) is 1.87. The molecule has 0 bridgehead atoms. The molecule has 1 aliphatic rings. The molecule has 2 rings (SSSR count). The number of rotatable bonds is 1. The number of nitrogens with zero attached hydrogens (tertiary/aromatic N) is 1. The molecule has 0 aromatic heterocycles. The summed E-state index contributed by atoms with van der Waals surface area (Å²) in [6, 6.07) is 2.18. The molecule has 92 valence electrons. The van der Waals surface area contributed by atoms with Crippen molar-refractivity contribution in [3.05, 3.63) is 32.9 Å². The molecular formula is C12H12F2INO. The molecule has 2 nitrogen and oxygen atoms in total. The summed E-state index contributed by atoms with van der Waals surface area (Å²) in [5.41, 5.74) is -0.0375. The summed E-state index contributed by atoms with van der Waals surface area (Å²) in [5.74, 6) is -1.76. The fraction of sp³-hybridized carbons (Fsp3) is 0.417. The predicted octanol–water partition coefficient (Wildman–Crippen LogP) is 3.19. The predicted molar refractivity (Wildman–Crippen MR) is 68.8 cm³/mol. The van der Waals surface area contributed by atoms with Crippen molar-refractivity contribution in [1.82, 2.24) is 4.90 Å². The molecule has 5 heteroatoms. The molecule has 1 fully saturated rings. The highest BCUT2D eigenvalue weighted by atomic mass is 127. The van der Waals surface area contributed by atoms with Crippen molar-refractivity contribution < 1.29 is 13.6 Å². The molecule has 1 aromatic rings. The van der Waals surface area contributed by atoms with E-state index in [1.165, 1.54) is 6.07 Å². The highest BCUT2D eigenvalue weighted by molar-refractivity contribution is 14.1. The Labute approximate surface area is 112 Å². The third-order valence-corrected chi connectivity index (χ3v) is 3.88. The van der Waals surface area contributed by atoms with E-state index < -0.39 is 11.6 Å². The van der Waals surface area contributed by atoms with Gasteiger partial charge in [0.25, 0.3) is 5.91 Å². The van der Waals surface area contributed by atoms with Crippen LogP contribution < -0.4 is 0 Å². The molecule has 0 unspecified atom stereocenters. The largest absolute Gasteiger partial charge is 0.336 e. The van der Waals surface area contributed by atoms with Crippen LogP contribution in [0, 0.1) is 15.2 Å². The first kappa shape index (κ1) is 12.7. The zero-order valence-corrected chi connectivity index (χ0v) is 11.5. The van der Waals surface area contributed by atoms with Crippen molar-refractivity contribution in [2.24, 2.45) is 0 Å². The van der Waals surface area contributed by atoms with E-state index in [2.05, 4.69) is 0 Å².